The summed E-state index contributed by atoms with van der Waals surface area (Å²) in [6, 6.07) is -0.576. The van der Waals surface area contributed by atoms with Crippen LogP contribution in [0.5, 0.6) is 0 Å². The van der Waals surface area contributed by atoms with Crippen LogP contribution < -0.4 is 10.2 Å². The molecule has 1 unspecified atom stereocenters. The Kier molecular flexibility index (Phi) is 4.34. The van der Waals surface area contributed by atoms with E-state index in [4.69, 9.17) is 4.52 Å². The summed E-state index contributed by atoms with van der Waals surface area (Å²) in [6.07, 6.45) is -0.788. The van der Waals surface area contributed by atoms with Crippen LogP contribution in [0.3, 0.4) is 0 Å². The number of hydrogen-bond acceptors (Lipinski definition) is 8. The molecule has 2 N–H and O–H groups in total. The first-order valence-corrected chi connectivity index (χ1v) is 7.52. The molecule has 4 amide bonds. The summed E-state index contributed by atoms with van der Waals surface area (Å²) in [6.45, 7) is 2.50. The molecule has 0 aliphatic carbocycles. The quantitative estimate of drug-likeness (QED) is 0.601. The molecule has 3 rings (SSSR count). The first kappa shape index (κ1) is 16.2. The maximum absolute atomic E-state index is 12.4. The van der Waals surface area contributed by atoms with Gasteiger partial charge in [0.1, 0.15) is 13.1 Å². The van der Waals surface area contributed by atoms with Gasteiger partial charge in [0.15, 0.2) is 0 Å². The Morgan fingerprint density at radius 3 is 2.79 bits per heavy atom. The first-order chi connectivity index (χ1) is 11.4. The van der Waals surface area contributed by atoms with E-state index in [1.807, 2.05) is 0 Å². The van der Waals surface area contributed by atoms with Gasteiger partial charge >= 0.3 is 6.03 Å². The normalized spacial score (nSPS) is 21.9. The number of urea groups is 1. The van der Waals surface area contributed by atoms with E-state index in [0.29, 0.717) is 24.9 Å². The second-order valence-electron chi connectivity index (χ2n) is 5.76. The van der Waals surface area contributed by atoms with Gasteiger partial charge in [-0.3, -0.25) is 14.9 Å². The summed E-state index contributed by atoms with van der Waals surface area (Å²) in [4.78, 5) is 43.5. The van der Waals surface area contributed by atoms with E-state index in [1.54, 1.807) is 11.8 Å². The standard InChI is InChI=1S/C13H18N6O5/c1-8-14-12(16-24-8)18-3-2-17(4-9(20)5-18)11(22)7-19-6-10(21)15-13(19)23/h9,20H,2-7H2,1H3,(H,15,21,23). The van der Waals surface area contributed by atoms with Crippen LogP contribution in [0.4, 0.5) is 10.7 Å². The molecule has 0 saturated carbocycles. The molecule has 1 aromatic heterocycles. The zero-order valence-electron chi connectivity index (χ0n) is 13.1. The zero-order chi connectivity index (χ0) is 17.3. The van der Waals surface area contributed by atoms with Crippen molar-refractivity contribution in [3.63, 3.8) is 0 Å². The molecule has 2 aliphatic rings. The third-order valence-corrected chi connectivity index (χ3v) is 3.85. The van der Waals surface area contributed by atoms with Gasteiger partial charge in [0.2, 0.25) is 17.7 Å². The fraction of sp³-hybridized carbons (Fsp3) is 0.615. The molecular weight excluding hydrogens is 320 g/mol. The number of hydrogen-bond donors (Lipinski definition) is 2. The molecule has 0 bridgehead atoms. The van der Waals surface area contributed by atoms with Crippen molar-refractivity contribution < 1.29 is 24.0 Å². The molecule has 0 aromatic carbocycles. The fourth-order valence-corrected chi connectivity index (χ4v) is 2.69. The Hall–Kier alpha value is -2.69. The highest BCUT2D eigenvalue weighted by Gasteiger charge is 2.32. The second-order valence-corrected chi connectivity index (χ2v) is 5.76. The van der Waals surface area contributed by atoms with Gasteiger partial charge < -0.3 is 24.3 Å². The van der Waals surface area contributed by atoms with E-state index >= 15 is 0 Å². The molecule has 2 fully saturated rings. The molecule has 24 heavy (non-hydrogen) atoms. The number of aliphatic hydroxyl groups is 1. The maximum atomic E-state index is 12.4. The van der Waals surface area contributed by atoms with Crippen LogP contribution in [0.2, 0.25) is 0 Å². The minimum atomic E-state index is -0.788. The molecule has 2 saturated heterocycles. The van der Waals surface area contributed by atoms with Gasteiger partial charge in [-0.05, 0) is 5.16 Å². The van der Waals surface area contributed by atoms with Crippen LogP contribution in [-0.4, -0.2) is 88.3 Å². The van der Waals surface area contributed by atoms with Crippen molar-refractivity contribution in [2.45, 2.75) is 13.0 Å². The van der Waals surface area contributed by atoms with Crippen molar-refractivity contribution >= 4 is 23.8 Å². The number of aliphatic hydroxyl groups excluding tert-OH is 1. The molecule has 0 spiro atoms. The summed E-state index contributed by atoms with van der Waals surface area (Å²) in [5.74, 6) is 0.0270. The summed E-state index contributed by atoms with van der Waals surface area (Å²) >= 11 is 0. The number of carbonyl (C=O) groups is 3. The molecule has 1 aromatic rings. The Morgan fingerprint density at radius 2 is 2.17 bits per heavy atom. The number of carbonyl (C=O) groups excluding carboxylic acids is 3. The molecule has 0 radical (unpaired) electrons. The lowest BCUT2D eigenvalue weighted by Gasteiger charge is -2.23. The molecular formula is C13H18N6O5. The lowest BCUT2D eigenvalue weighted by Crippen LogP contribution is -2.44. The summed E-state index contributed by atoms with van der Waals surface area (Å²) in [5.41, 5.74) is 0. The molecule has 130 valence electrons. The predicted octanol–water partition coefficient (Wildman–Crippen LogP) is -2.06. The van der Waals surface area contributed by atoms with Crippen LogP contribution in [-0.2, 0) is 9.59 Å². The third-order valence-electron chi connectivity index (χ3n) is 3.85. The van der Waals surface area contributed by atoms with Crippen molar-refractivity contribution in [2.24, 2.45) is 0 Å². The lowest BCUT2D eigenvalue weighted by molar-refractivity contribution is -0.132. The molecule has 11 nitrogen and oxygen atoms in total. The van der Waals surface area contributed by atoms with Crippen molar-refractivity contribution in [3.8, 4) is 0 Å². The monoisotopic (exact) mass is 338 g/mol. The number of nitrogens with zero attached hydrogens (tertiary/aromatic N) is 5. The Morgan fingerprint density at radius 1 is 1.38 bits per heavy atom. The number of amides is 4. The Labute approximate surface area is 137 Å². The Bertz CT molecular complexity index is 661. The van der Waals surface area contributed by atoms with E-state index in [1.165, 1.54) is 4.90 Å². The lowest BCUT2D eigenvalue weighted by atomic mass is 10.3. The van der Waals surface area contributed by atoms with Crippen LogP contribution in [0.1, 0.15) is 5.89 Å². The van der Waals surface area contributed by atoms with Crippen LogP contribution in [0.25, 0.3) is 0 Å². The zero-order valence-corrected chi connectivity index (χ0v) is 13.1. The highest BCUT2D eigenvalue weighted by molar-refractivity contribution is 6.03. The second kappa shape index (κ2) is 6.43. The van der Waals surface area contributed by atoms with Crippen molar-refractivity contribution in [1.82, 2.24) is 25.3 Å². The predicted molar refractivity (Wildman–Crippen MR) is 78.9 cm³/mol. The highest BCUT2D eigenvalue weighted by Crippen LogP contribution is 2.13. The van der Waals surface area contributed by atoms with E-state index < -0.39 is 18.0 Å². The van der Waals surface area contributed by atoms with E-state index in [-0.39, 0.29) is 32.1 Å². The largest absolute Gasteiger partial charge is 0.389 e. The third kappa shape index (κ3) is 3.45. The van der Waals surface area contributed by atoms with Crippen LogP contribution in [0, 0.1) is 6.92 Å². The summed E-state index contributed by atoms with van der Waals surface area (Å²) < 4.78 is 4.93. The van der Waals surface area contributed by atoms with Gasteiger partial charge in [-0.15, -0.1) is 0 Å². The average Bonchev–Trinajstić information content (AvgIpc) is 3.00. The van der Waals surface area contributed by atoms with Gasteiger partial charge in [-0.2, -0.15) is 4.98 Å². The van der Waals surface area contributed by atoms with Crippen molar-refractivity contribution in [3.05, 3.63) is 5.89 Å². The van der Waals surface area contributed by atoms with Crippen LogP contribution >= 0.6 is 0 Å². The van der Waals surface area contributed by atoms with Gasteiger partial charge in [-0.25, -0.2) is 4.79 Å². The fourth-order valence-electron chi connectivity index (χ4n) is 2.69. The number of aromatic nitrogens is 2. The van der Waals surface area contributed by atoms with E-state index in [9.17, 15) is 19.5 Å². The Balaban J connectivity index is 1.61. The topological polar surface area (TPSA) is 132 Å². The van der Waals surface area contributed by atoms with Crippen molar-refractivity contribution in [2.75, 3.05) is 44.2 Å². The van der Waals surface area contributed by atoms with E-state index in [0.717, 1.165) is 4.90 Å². The molecule has 3 heterocycles. The summed E-state index contributed by atoms with van der Waals surface area (Å²) in [5, 5.41) is 16.1. The minimum Gasteiger partial charge on any atom is -0.389 e. The smallest absolute Gasteiger partial charge is 0.325 e. The van der Waals surface area contributed by atoms with Gasteiger partial charge in [0, 0.05) is 33.1 Å². The number of imide groups is 1. The highest BCUT2D eigenvalue weighted by atomic mass is 16.5. The van der Waals surface area contributed by atoms with Crippen molar-refractivity contribution in [1.29, 1.82) is 0 Å². The minimum absolute atomic E-state index is 0.130. The molecule has 2 aliphatic heterocycles. The van der Waals surface area contributed by atoms with E-state index in [2.05, 4.69) is 15.5 Å². The van der Waals surface area contributed by atoms with Gasteiger partial charge in [0.05, 0.1) is 6.10 Å². The van der Waals surface area contributed by atoms with Gasteiger partial charge in [-0.1, -0.05) is 0 Å². The average molecular weight is 338 g/mol. The van der Waals surface area contributed by atoms with Gasteiger partial charge in [0.25, 0.3) is 5.95 Å². The SMILES string of the molecule is Cc1nc(N2CCN(C(=O)CN3CC(=O)NC3=O)CC(O)C2)no1. The number of nitrogens with one attached hydrogen (secondary N) is 1. The number of aryl methyl sites for hydroxylation is 1. The number of anilines is 1. The number of β-amino-alcohol motifs (C(OH)–C–C–N with tert-alkyl or cyclic N) is 1. The first-order valence-electron chi connectivity index (χ1n) is 7.52. The molecule has 11 heteroatoms. The summed E-state index contributed by atoms with van der Waals surface area (Å²) in [7, 11) is 0. The maximum Gasteiger partial charge on any atom is 0.325 e. The number of rotatable bonds is 3. The van der Waals surface area contributed by atoms with Crippen LogP contribution in [0.15, 0.2) is 4.52 Å². The molecule has 1 atom stereocenters.